The number of ether oxygens (including phenoxy) is 1. The Balaban J connectivity index is 2.05. The summed E-state index contributed by atoms with van der Waals surface area (Å²) in [5.74, 6) is 0. The Kier molecular flexibility index (Phi) is 5.41. The fourth-order valence-corrected chi connectivity index (χ4v) is 1.42. The van der Waals surface area contributed by atoms with Gasteiger partial charge in [-0.3, -0.25) is 4.55 Å². The van der Waals surface area contributed by atoms with Crippen LogP contribution < -0.4 is 0 Å². The zero-order chi connectivity index (χ0) is 11.9. The van der Waals surface area contributed by atoms with Gasteiger partial charge in [0.2, 0.25) is 0 Å². The van der Waals surface area contributed by atoms with E-state index in [1.807, 2.05) is 30.3 Å². The van der Waals surface area contributed by atoms with Gasteiger partial charge in [0.1, 0.15) is 0 Å². The van der Waals surface area contributed by atoms with E-state index in [1.165, 1.54) is 0 Å². The Morgan fingerprint density at radius 3 is 2.44 bits per heavy atom. The first kappa shape index (κ1) is 13.1. The molecule has 0 fully saturated rings. The van der Waals surface area contributed by atoms with Crippen molar-refractivity contribution in [2.75, 3.05) is 13.2 Å². The lowest BCUT2D eigenvalue weighted by atomic mass is 10.2. The van der Waals surface area contributed by atoms with Crippen molar-refractivity contribution in [2.24, 2.45) is 0 Å². The summed E-state index contributed by atoms with van der Waals surface area (Å²) in [4.78, 5) is 0. The van der Waals surface area contributed by atoms with Gasteiger partial charge in [-0.2, -0.15) is 8.42 Å². The first-order chi connectivity index (χ1) is 7.58. The summed E-state index contributed by atoms with van der Waals surface area (Å²) in [6.45, 7) is 0.782. The van der Waals surface area contributed by atoms with E-state index >= 15 is 0 Å². The van der Waals surface area contributed by atoms with Gasteiger partial charge in [-0.05, 0) is 12.0 Å². The minimum absolute atomic E-state index is 0.0758. The van der Waals surface area contributed by atoms with E-state index in [0.717, 1.165) is 5.56 Å². The largest absolute Gasteiger partial charge is 0.397 e. The molecule has 5 nitrogen and oxygen atoms in total. The van der Waals surface area contributed by atoms with Crippen LogP contribution in [0, 0.1) is 0 Å². The van der Waals surface area contributed by atoms with Crippen LogP contribution in [0.2, 0.25) is 0 Å². The van der Waals surface area contributed by atoms with Crippen LogP contribution >= 0.6 is 0 Å². The van der Waals surface area contributed by atoms with Crippen LogP contribution in [0.15, 0.2) is 30.3 Å². The van der Waals surface area contributed by atoms with Crippen LogP contribution in [0.4, 0.5) is 0 Å². The second-order valence-electron chi connectivity index (χ2n) is 3.14. The summed E-state index contributed by atoms with van der Waals surface area (Å²) in [7, 11) is -4.32. The summed E-state index contributed by atoms with van der Waals surface area (Å²) in [6, 6.07) is 9.63. The molecule has 0 atom stereocenters. The smallest absolute Gasteiger partial charge is 0.377 e. The van der Waals surface area contributed by atoms with Crippen LogP contribution in [-0.4, -0.2) is 26.2 Å². The number of rotatable bonds is 7. The molecule has 16 heavy (non-hydrogen) atoms. The maximum atomic E-state index is 10.2. The second-order valence-corrected chi connectivity index (χ2v) is 4.23. The summed E-state index contributed by atoms with van der Waals surface area (Å²) in [5.41, 5.74) is 1.05. The Morgan fingerprint density at radius 2 is 1.81 bits per heavy atom. The molecule has 0 saturated carbocycles. The molecule has 1 N–H and O–H groups in total. The maximum Gasteiger partial charge on any atom is 0.397 e. The molecule has 6 heteroatoms. The molecule has 0 aromatic heterocycles. The van der Waals surface area contributed by atoms with Crippen molar-refractivity contribution < 1.29 is 21.9 Å². The van der Waals surface area contributed by atoms with Gasteiger partial charge in [-0.1, -0.05) is 30.3 Å². The molecule has 1 rings (SSSR count). The molecule has 0 unspecified atom stereocenters. The van der Waals surface area contributed by atoms with Crippen molar-refractivity contribution in [3.8, 4) is 0 Å². The predicted molar refractivity (Wildman–Crippen MR) is 58.2 cm³/mol. The minimum Gasteiger partial charge on any atom is -0.377 e. The SMILES string of the molecule is O=S(=O)(O)OCCCOCc1ccccc1. The maximum absolute atomic E-state index is 10.2. The van der Waals surface area contributed by atoms with E-state index in [1.54, 1.807) is 0 Å². The number of benzene rings is 1. The van der Waals surface area contributed by atoms with Crippen LogP contribution in [0.5, 0.6) is 0 Å². The van der Waals surface area contributed by atoms with E-state index in [-0.39, 0.29) is 6.61 Å². The van der Waals surface area contributed by atoms with Crippen molar-refractivity contribution in [1.29, 1.82) is 0 Å². The van der Waals surface area contributed by atoms with Gasteiger partial charge in [0.05, 0.1) is 13.2 Å². The van der Waals surface area contributed by atoms with Crippen LogP contribution in [0.1, 0.15) is 12.0 Å². The zero-order valence-corrected chi connectivity index (χ0v) is 9.52. The van der Waals surface area contributed by atoms with Gasteiger partial charge in [0, 0.05) is 6.61 Å². The van der Waals surface area contributed by atoms with E-state index in [0.29, 0.717) is 19.6 Å². The number of hydrogen-bond acceptors (Lipinski definition) is 4. The molecule has 0 radical (unpaired) electrons. The third-order valence-electron chi connectivity index (χ3n) is 1.78. The minimum atomic E-state index is -4.32. The summed E-state index contributed by atoms with van der Waals surface area (Å²) < 4.78 is 38.0. The fourth-order valence-electron chi connectivity index (χ4n) is 1.09. The van der Waals surface area contributed by atoms with E-state index < -0.39 is 10.4 Å². The van der Waals surface area contributed by atoms with Crippen molar-refractivity contribution in [3.05, 3.63) is 35.9 Å². The Morgan fingerprint density at radius 1 is 1.12 bits per heavy atom. The molecule has 1 aromatic rings. The van der Waals surface area contributed by atoms with Crippen molar-refractivity contribution in [2.45, 2.75) is 13.0 Å². The lowest BCUT2D eigenvalue weighted by Gasteiger charge is -2.03. The van der Waals surface area contributed by atoms with Gasteiger partial charge in [-0.15, -0.1) is 0 Å². The molecular formula is C10H14O5S. The summed E-state index contributed by atoms with van der Waals surface area (Å²) >= 11 is 0. The topological polar surface area (TPSA) is 72.8 Å². The summed E-state index contributed by atoms with van der Waals surface area (Å²) in [5, 5.41) is 0. The normalized spacial score (nSPS) is 11.6. The van der Waals surface area contributed by atoms with Gasteiger partial charge in [-0.25, -0.2) is 4.18 Å². The van der Waals surface area contributed by atoms with Gasteiger partial charge >= 0.3 is 10.4 Å². The Labute approximate surface area is 95.0 Å². The van der Waals surface area contributed by atoms with Crippen molar-refractivity contribution in [3.63, 3.8) is 0 Å². The first-order valence-corrected chi connectivity index (χ1v) is 6.18. The molecule has 0 amide bonds. The van der Waals surface area contributed by atoms with Crippen LogP contribution in [0.3, 0.4) is 0 Å². The molecule has 0 aliphatic carbocycles. The molecule has 90 valence electrons. The molecule has 0 spiro atoms. The van der Waals surface area contributed by atoms with Gasteiger partial charge in [0.15, 0.2) is 0 Å². The third kappa shape index (κ3) is 6.52. The highest BCUT2D eigenvalue weighted by atomic mass is 32.3. The molecule has 0 saturated heterocycles. The highest BCUT2D eigenvalue weighted by molar-refractivity contribution is 7.80. The molecular weight excluding hydrogens is 232 g/mol. The number of hydrogen-bond donors (Lipinski definition) is 1. The highest BCUT2D eigenvalue weighted by Crippen LogP contribution is 2.01. The quantitative estimate of drug-likeness (QED) is 0.581. The molecule has 0 aliphatic rings. The third-order valence-corrected chi connectivity index (χ3v) is 2.24. The monoisotopic (exact) mass is 246 g/mol. The lowest BCUT2D eigenvalue weighted by Crippen LogP contribution is -2.07. The van der Waals surface area contributed by atoms with Crippen LogP contribution in [-0.2, 0) is 25.9 Å². The van der Waals surface area contributed by atoms with Crippen molar-refractivity contribution in [1.82, 2.24) is 0 Å². The van der Waals surface area contributed by atoms with Gasteiger partial charge < -0.3 is 4.74 Å². The average molecular weight is 246 g/mol. The van der Waals surface area contributed by atoms with E-state index in [9.17, 15) is 8.42 Å². The fraction of sp³-hybridized carbons (Fsp3) is 0.400. The van der Waals surface area contributed by atoms with E-state index in [4.69, 9.17) is 9.29 Å². The van der Waals surface area contributed by atoms with Crippen LogP contribution in [0.25, 0.3) is 0 Å². The van der Waals surface area contributed by atoms with E-state index in [2.05, 4.69) is 4.18 Å². The molecule has 0 bridgehead atoms. The molecule has 0 aliphatic heterocycles. The van der Waals surface area contributed by atoms with Gasteiger partial charge in [0.25, 0.3) is 0 Å². The lowest BCUT2D eigenvalue weighted by molar-refractivity contribution is 0.106. The Hall–Kier alpha value is -0.950. The average Bonchev–Trinajstić information content (AvgIpc) is 2.23. The van der Waals surface area contributed by atoms with Crippen molar-refractivity contribution >= 4 is 10.4 Å². The summed E-state index contributed by atoms with van der Waals surface area (Å²) in [6.07, 6.45) is 0.409. The predicted octanol–water partition coefficient (Wildman–Crippen LogP) is 1.41. The first-order valence-electron chi connectivity index (χ1n) is 4.81. The molecule has 1 aromatic carbocycles. The zero-order valence-electron chi connectivity index (χ0n) is 8.70. The standard InChI is InChI=1S/C10H14O5S/c11-16(12,13)15-8-4-7-14-9-10-5-2-1-3-6-10/h1-3,5-6H,4,7-9H2,(H,11,12,13). The molecule has 0 heterocycles. The second kappa shape index (κ2) is 6.59. The highest BCUT2D eigenvalue weighted by Gasteiger charge is 2.02. The Bertz CT molecular complexity index is 387.